The van der Waals surface area contributed by atoms with Crippen molar-refractivity contribution >= 4 is 39.3 Å². The number of amides is 2. The molecule has 24 heavy (non-hydrogen) atoms. The maximum atomic E-state index is 12.1. The number of ether oxygens (including phenoxy) is 1. The van der Waals surface area contributed by atoms with Crippen LogP contribution in [0.2, 0.25) is 0 Å². The lowest BCUT2D eigenvalue weighted by molar-refractivity contribution is 0.0501. The number of carbonyl (C=O) groups is 2. The van der Waals surface area contributed by atoms with Gasteiger partial charge in [0.15, 0.2) is 0 Å². The first kappa shape index (κ1) is 18.0. The topological polar surface area (TPSA) is 67.4 Å². The maximum Gasteiger partial charge on any atom is 0.340 e. The number of halogens is 1. The van der Waals surface area contributed by atoms with Crippen molar-refractivity contribution in [2.75, 3.05) is 17.2 Å². The molecule has 5 nitrogen and oxygen atoms in total. The number of rotatable bonds is 6. The zero-order valence-electron chi connectivity index (χ0n) is 13.3. The van der Waals surface area contributed by atoms with Gasteiger partial charge in [-0.2, -0.15) is 0 Å². The Bertz CT molecular complexity index is 702. The van der Waals surface area contributed by atoms with Crippen LogP contribution in [0, 0.1) is 0 Å². The highest BCUT2D eigenvalue weighted by Crippen LogP contribution is 2.18. The van der Waals surface area contributed by atoms with Gasteiger partial charge >= 0.3 is 12.0 Å². The molecule has 2 aromatic carbocycles. The monoisotopic (exact) mass is 390 g/mol. The van der Waals surface area contributed by atoms with E-state index in [1.54, 1.807) is 36.4 Å². The van der Waals surface area contributed by atoms with Crippen LogP contribution in [-0.4, -0.2) is 18.6 Å². The van der Waals surface area contributed by atoms with Gasteiger partial charge in [-0.15, -0.1) is 0 Å². The second-order valence-corrected chi connectivity index (χ2v) is 6.04. The van der Waals surface area contributed by atoms with Gasteiger partial charge in [-0.1, -0.05) is 41.4 Å². The molecule has 0 atom stereocenters. The van der Waals surface area contributed by atoms with Crippen molar-refractivity contribution in [3.05, 3.63) is 58.6 Å². The van der Waals surface area contributed by atoms with E-state index in [0.29, 0.717) is 23.5 Å². The molecule has 2 aromatic rings. The molecule has 2 amide bonds. The summed E-state index contributed by atoms with van der Waals surface area (Å²) in [6.07, 6.45) is 1.76. The average Bonchev–Trinajstić information content (AvgIpc) is 2.57. The number of hydrogen-bond donors (Lipinski definition) is 2. The summed E-state index contributed by atoms with van der Waals surface area (Å²) in [6, 6.07) is 13.5. The number of anilines is 2. The first-order chi connectivity index (χ1) is 11.6. The molecule has 126 valence electrons. The fraction of sp³-hybridized carbons (Fsp3) is 0.222. The molecule has 2 rings (SSSR count). The fourth-order valence-electron chi connectivity index (χ4n) is 1.97. The molecule has 0 bridgehead atoms. The highest BCUT2D eigenvalue weighted by Gasteiger charge is 2.14. The van der Waals surface area contributed by atoms with Crippen LogP contribution in [0.5, 0.6) is 0 Å². The summed E-state index contributed by atoms with van der Waals surface area (Å²) >= 11 is 3.34. The van der Waals surface area contributed by atoms with Crippen molar-refractivity contribution in [1.29, 1.82) is 0 Å². The van der Waals surface area contributed by atoms with Gasteiger partial charge in [0.25, 0.3) is 0 Å². The minimum atomic E-state index is -0.442. The Balaban J connectivity index is 2.02. The molecule has 0 aromatic heterocycles. The van der Waals surface area contributed by atoms with Gasteiger partial charge in [0.1, 0.15) is 0 Å². The van der Waals surface area contributed by atoms with E-state index in [9.17, 15) is 9.59 Å². The number of urea groups is 1. The van der Waals surface area contributed by atoms with Gasteiger partial charge in [0, 0.05) is 10.2 Å². The molecule has 0 spiro atoms. The molecule has 0 aliphatic carbocycles. The van der Waals surface area contributed by atoms with E-state index in [0.717, 1.165) is 17.3 Å². The van der Waals surface area contributed by atoms with E-state index in [4.69, 9.17) is 4.74 Å². The molecule has 0 saturated heterocycles. The van der Waals surface area contributed by atoms with Crippen molar-refractivity contribution < 1.29 is 14.3 Å². The lowest BCUT2D eigenvalue weighted by atomic mass is 10.2. The van der Waals surface area contributed by atoms with Crippen molar-refractivity contribution in [3.8, 4) is 0 Å². The maximum absolute atomic E-state index is 12.1. The Morgan fingerprint density at radius 1 is 1.04 bits per heavy atom. The van der Waals surface area contributed by atoms with Gasteiger partial charge in [-0.3, -0.25) is 0 Å². The van der Waals surface area contributed by atoms with E-state index >= 15 is 0 Å². The van der Waals surface area contributed by atoms with Crippen molar-refractivity contribution in [2.45, 2.75) is 19.8 Å². The largest absolute Gasteiger partial charge is 0.462 e. The Labute approximate surface area is 149 Å². The van der Waals surface area contributed by atoms with Crippen LogP contribution >= 0.6 is 15.9 Å². The van der Waals surface area contributed by atoms with Crippen LogP contribution in [0.25, 0.3) is 0 Å². The lowest BCUT2D eigenvalue weighted by Gasteiger charge is -2.11. The highest BCUT2D eigenvalue weighted by atomic mass is 79.9. The summed E-state index contributed by atoms with van der Waals surface area (Å²) in [4.78, 5) is 24.2. The molecule has 2 N–H and O–H groups in total. The van der Waals surface area contributed by atoms with Crippen molar-refractivity contribution in [1.82, 2.24) is 0 Å². The first-order valence-corrected chi connectivity index (χ1v) is 8.49. The number of hydrogen-bond acceptors (Lipinski definition) is 3. The average molecular weight is 391 g/mol. The number of carbonyl (C=O) groups excluding carboxylic acids is 2. The third-order valence-corrected chi connectivity index (χ3v) is 3.76. The van der Waals surface area contributed by atoms with Gasteiger partial charge in [0.2, 0.25) is 0 Å². The van der Waals surface area contributed by atoms with Gasteiger partial charge < -0.3 is 15.4 Å². The summed E-state index contributed by atoms with van der Waals surface area (Å²) < 4.78 is 6.13. The predicted octanol–water partition coefficient (Wildman–Crippen LogP) is 5.05. The summed E-state index contributed by atoms with van der Waals surface area (Å²) in [5, 5.41) is 5.40. The van der Waals surface area contributed by atoms with E-state index in [1.165, 1.54) is 0 Å². The fourth-order valence-corrected chi connectivity index (χ4v) is 2.24. The van der Waals surface area contributed by atoms with Gasteiger partial charge in [-0.25, -0.2) is 9.59 Å². The molecule has 0 unspecified atom stereocenters. The number of nitrogens with one attached hydrogen (secondary N) is 2. The molecule has 0 fully saturated rings. The summed E-state index contributed by atoms with van der Waals surface area (Å²) in [5.41, 5.74) is 1.40. The second kappa shape index (κ2) is 9.08. The minimum Gasteiger partial charge on any atom is -0.462 e. The van der Waals surface area contributed by atoms with Crippen LogP contribution in [0.15, 0.2) is 53.0 Å². The molecule has 6 heteroatoms. The number of benzene rings is 2. The molecule has 0 aliphatic rings. The van der Waals surface area contributed by atoms with E-state index in [1.807, 2.05) is 19.1 Å². The molecule has 0 heterocycles. The number of unbranched alkanes of at least 4 members (excludes halogenated alkanes) is 1. The van der Waals surface area contributed by atoms with Gasteiger partial charge in [-0.05, 0) is 42.8 Å². The smallest absolute Gasteiger partial charge is 0.340 e. The van der Waals surface area contributed by atoms with Crippen LogP contribution in [-0.2, 0) is 4.74 Å². The van der Waals surface area contributed by atoms with Crippen LogP contribution < -0.4 is 10.6 Å². The van der Waals surface area contributed by atoms with Crippen LogP contribution in [0.4, 0.5) is 16.2 Å². The molecule has 0 aliphatic heterocycles. The zero-order valence-corrected chi connectivity index (χ0v) is 14.9. The number of para-hydroxylation sites is 1. The third kappa shape index (κ3) is 5.38. The van der Waals surface area contributed by atoms with E-state index in [2.05, 4.69) is 26.6 Å². The SMILES string of the molecule is CCCCOC(=O)c1ccccc1NC(=O)Nc1ccc(Br)cc1. The van der Waals surface area contributed by atoms with Crippen molar-refractivity contribution in [2.24, 2.45) is 0 Å². The summed E-state index contributed by atoms with van der Waals surface area (Å²) in [5.74, 6) is -0.442. The normalized spacial score (nSPS) is 10.1. The van der Waals surface area contributed by atoms with Crippen LogP contribution in [0.3, 0.4) is 0 Å². The third-order valence-electron chi connectivity index (χ3n) is 3.23. The quantitative estimate of drug-likeness (QED) is 0.535. The number of esters is 1. The summed E-state index contributed by atoms with van der Waals surface area (Å²) in [7, 11) is 0. The Hall–Kier alpha value is -2.34. The highest BCUT2D eigenvalue weighted by molar-refractivity contribution is 9.10. The lowest BCUT2D eigenvalue weighted by Crippen LogP contribution is -2.21. The Morgan fingerprint density at radius 3 is 2.46 bits per heavy atom. The Kier molecular flexibility index (Phi) is 6.81. The standard InChI is InChI=1S/C18H19BrN2O3/c1-2-3-12-24-17(22)15-6-4-5-7-16(15)21-18(23)20-14-10-8-13(19)9-11-14/h4-11H,2-3,12H2,1H3,(H2,20,21,23). The molecular weight excluding hydrogens is 372 g/mol. The van der Waals surface area contributed by atoms with Gasteiger partial charge in [0.05, 0.1) is 17.9 Å². The zero-order chi connectivity index (χ0) is 17.4. The Morgan fingerprint density at radius 2 is 1.75 bits per heavy atom. The predicted molar refractivity (Wildman–Crippen MR) is 98.4 cm³/mol. The van der Waals surface area contributed by atoms with Crippen LogP contribution in [0.1, 0.15) is 30.1 Å². The summed E-state index contributed by atoms with van der Waals surface area (Å²) in [6.45, 7) is 2.39. The molecular formula is C18H19BrN2O3. The van der Waals surface area contributed by atoms with E-state index < -0.39 is 12.0 Å². The first-order valence-electron chi connectivity index (χ1n) is 7.70. The minimum absolute atomic E-state index is 0.333. The van der Waals surface area contributed by atoms with Crippen molar-refractivity contribution in [3.63, 3.8) is 0 Å². The molecule has 0 radical (unpaired) electrons. The molecule has 0 saturated carbocycles. The van der Waals surface area contributed by atoms with E-state index in [-0.39, 0.29) is 0 Å². The second-order valence-electron chi connectivity index (χ2n) is 5.12.